The van der Waals surface area contributed by atoms with E-state index < -0.39 is 23.9 Å². The minimum Gasteiger partial charge on any atom is -0.457 e. The normalized spacial score (nSPS) is 10.9. The topological polar surface area (TPSA) is 139 Å². The van der Waals surface area contributed by atoms with E-state index in [1.807, 2.05) is 48.5 Å². The standard InChI is InChI=1S/C44H32N2O9/c1-29(47)51-41-9-5-3-7-39(41)43(49)54-37-19-11-31(12-20-37)27-45-33-15-23-35(24-16-33)53-36-25-17-34(18-26-36)46-28-32-13-21-38(22-14-32)55-44(50)40-8-4-6-10-42(40)52-30(2)48/h3-28H,1-2H3. The minimum atomic E-state index is -0.643. The summed E-state index contributed by atoms with van der Waals surface area (Å²) < 4.78 is 27.1. The van der Waals surface area contributed by atoms with Gasteiger partial charge < -0.3 is 23.7 Å². The Morgan fingerprint density at radius 3 is 1.13 bits per heavy atom. The van der Waals surface area contributed by atoms with Crippen molar-refractivity contribution in [2.45, 2.75) is 13.8 Å². The number of carbonyl (C=O) groups excluding carboxylic acids is 4. The smallest absolute Gasteiger partial charge is 0.347 e. The number of hydrogen-bond donors (Lipinski definition) is 0. The third-order valence-corrected chi connectivity index (χ3v) is 7.54. The molecule has 0 aliphatic rings. The van der Waals surface area contributed by atoms with E-state index in [1.54, 1.807) is 85.2 Å². The summed E-state index contributed by atoms with van der Waals surface area (Å²) in [6, 6.07) is 41.0. The van der Waals surface area contributed by atoms with Gasteiger partial charge in [0.15, 0.2) is 0 Å². The maximum atomic E-state index is 12.7. The van der Waals surface area contributed by atoms with Gasteiger partial charge in [-0.1, -0.05) is 24.3 Å². The molecule has 0 saturated carbocycles. The Hall–Kier alpha value is -7.66. The minimum absolute atomic E-state index is 0.132. The number of hydrogen-bond acceptors (Lipinski definition) is 11. The zero-order valence-corrected chi connectivity index (χ0v) is 29.6. The lowest BCUT2D eigenvalue weighted by molar-refractivity contribution is -0.132. The summed E-state index contributed by atoms with van der Waals surface area (Å²) in [6.07, 6.45) is 3.38. The van der Waals surface area contributed by atoms with E-state index in [-0.39, 0.29) is 22.6 Å². The van der Waals surface area contributed by atoms with Crippen LogP contribution in [0.25, 0.3) is 0 Å². The number of esters is 4. The third-order valence-electron chi connectivity index (χ3n) is 7.54. The van der Waals surface area contributed by atoms with Crippen LogP contribution in [0.5, 0.6) is 34.5 Å². The lowest BCUT2D eigenvalue weighted by atomic mass is 10.2. The molecule has 0 bridgehead atoms. The molecule has 0 unspecified atom stereocenters. The second-order valence-corrected chi connectivity index (χ2v) is 11.7. The molecule has 6 rings (SSSR count). The van der Waals surface area contributed by atoms with Crippen LogP contribution < -0.4 is 23.7 Å². The van der Waals surface area contributed by atoms with Gasteiger partial charge in [-0.2, -0.15) is 0 Å². The Kier molecular flexibility index (Phi) is 11.9. The van der Waals surface area contributed by atoms with E-state index in [0.717, 1.165) is 11.1 Å². The first-order valence-corrected chi connectivity index (χ1v) is 16.8. The molecule has 0 heterocycles. The summed E-state index contributed by atoms with van der Waals surface area (Å²) in [7, 11) is 0. The zero-order valence-electron chi connectivity index (χ0n) is 29.6. The van der Waals surface area contributed by atoms with Gasteiger partial charge in [0.05, 0.1) is 11.4 Å². The third kappa shape index (κ3) is 10.7. The van der Waals surface area contributed by atoms with Crippen LogP contribution in [0.15, 0.2) is 156 Å². The molecule has 55 heavy (non-hydrogen) atoms. The second kappa shape index (κ2) is 17.7. The Morgan fingerprint density at radius 1 is 0.418 bits per heavy atom. The molecule has 0 aromatic heterocycles. The summed E-state index contributed by atoms with van der Waals surface area (Å²) >= 11 is 0. The lowest BCUT2D eigenvalue weighted by Crippen LogP contribution is -2.12. The molecular formula is C44H32N2O9. The number of ether oxygens (including phenoxy) is 5. The van der Waals surface area contributed by atoms with Gasteiger partial charge in [-0.05, 0) is 132 Å². The van der Waals surface area contributed by atoms with E-state index in [9.17, 15) is 19.2 Å². The number of rotatable bonds is 12. The summed E-state index contributed by atoms with van der Waals surface area (Å²) in [5, 5.41) is 0. The number of carbonyl (C=O) groups is 4. The van der Waals surface area contributed by atoms with E-state index in [2.05, 4.69) is 9.98 Å². The van der Waals surface area contributed by atoms with Crippen molar-refractivity contribution in [2.75, 3.05) is 0 Å². The highest BCUT2D eigenvalue weighted by Gasteiger charge is 2.17. The Balaban J connectivity index is 0.976. The highest BCUT2D eigenvalue weighted by molar-refractivity contribution is 5.95. The number of para-hydroxylation sites is 2. The molecule has 11 heteroatoms. The van der Waals surface area contributed by atoms with Crippen molar-refractivity contribution < 1.29 is 42.9 Å². The van der Waals surface area contributed by atoms with Gasteiger partial charge in [0.25, 0.3) is 0 Å². The summed E-state index contributed by atoms with van der Waals surface area (Å²) in [4.78, 5) is 57.1. The maximum absolute atomic E-state index is 12.7. The van der Waals surface area contributed by atoms with Crippen molar-refractivity contribution in [3.8, 4) is 34.5 Å². The van der Waals surface area contributed by atoms with Gasteiger partial charge in [-0.15, -0.1) is 0 Å². The van der Waals surface area contributed by atoms with Crippen LogP contribution >= 0.6 is 0 Å². The molecule has 0 aliphatic carbocycles. The highest BCUT2D eigenvalue weighted by Crippen LogP contribution is 2.27. The Labute approximate surface area is 316 Å². The predicted molar refractivity (Wildman–Crippen MR) is 206 cm³/mol. The average Bonchev–Trinajstić information content (AvgIpc) is 3.18. The van der Waals surface area contributed by atoms with Crippen LogP contribution in [0.1, 0.15) is 45.7 Å². The fourth-order valence-electron chi connectivity index (χ4n) is 4.96. The Morgan fingerprint density at radius 2 is 0.764 bits per heavy atom. The van der Waals surface area contributed by atoms with Gasteiger partial charge in [-0.25, -0.2) is 9.59 Å². The Bertz CT molecular complexity index is 2200. The van der Waals surface area contributed by atoms with Crippen molar-refractivity contribution in [1.29, 1.82) is 0 Å². The molecule has 0 radical (unpaired) electrons. The van der Waals surface area contributed by atoms with Crippen molar-refractivity contribution in [3.63, 3.8) is 0 Å². The average molecular weight is 733 g/mol. The fourth-order valence-corrected chi connectivity index (χ4v) is 4.96. The van der Waals surface area contributed by atoms with E-state index >= 15 is 0 Å². The molecule has 272 valence electrons. The van der Waals surface area contributed by atoms with Crippen LogP contribution in [-0.4, -0.2) is 36.3 Å². The highest BCUT2D eigenvalue weighted by atomic mass is 16.6. The molecule has 0 saturated heterocycles. The summed E-state index contributed by atoms with van der Waals surface area (Å²) in [6.45, 7) is 2.52. The predicted octanol–water partition coefficient (Wildman–Crippen LogP) is 9.27. The number of benzene rings is 6. The molecule has 0 amide bonds. The van der Waals surface area contributed by atoms with Crippen LogP contribution in [0.2, 0.25) is 0 Å². The first-order chi connectivity index (χ1) is 26.7. The van der Waals surface area contributed by atoms with Crippen LogP contribution in [-0.2, 0) is 9.59 Å². The molecule has 0 fully saturated rings. The van der Waals surface area contributed by atoms with Gasteiger partial charge in [0.2, 0.25) is 0 Å². The van der Waals surface area contributed by atoms with Gasteiger partial charge in [0.1, 0.15) is 45.6 Å². The number of aliphatic imine (C=N–C) groups is 2. The van der Waals surface area contributed by atoms with Crippen molar-refractivity contribution >= 4 is 47.7 Å². The molecular weight excluding hydrogens is 700 g/mol. The first kappa shape index (κ1) is 37.1. The number of nitrogens with zero attached hydrogens (tertiary/aromatic N) is 2. The van der Waals surface area contributed by atoms with E-state index in [1.165, 1.54) is 38.1 Å². The van der Waals surface area contributed by atoms with Gasteiger partial charge >= 0.3 is 23.9 Å². The second-order valence-electron chi connectivity index (χ2n) is 11.7. The van der Waals surface area contributed by atoms with E-state index in [0.29, 0.717) is 34.4 Å². The van der Waals surface area contributed by atoms with Crippen molar-refractivity contribution in [2.24, 2.45) is 9.98 Å². The summed E-state index contributed by atoms with van der Waals surface area (Å²) in [5.74, 6) is -0.164. The maximum Gasteiger partial charge on any atom is 0.347 e. The van der Waals surface area contributed by atoms with Gasteiger partial charge in [0, 0.05) is 26.3 Å². The van der Waals surface area contributed by atoms with Crippen LogP contribution in [0.4, 0.5) is 11.4 Å². The van der Waals surface area contributed by atoms with Crippen LogP contribution in [0, 0.1) is 0 Å². The van der Waals surface area contributed by atoms with E-state index in [4.69, 9.17) is 23.7 Å². The van der Waals surface area contributed by atoms with Crippen molar-refractivity contribution in [3.05, 3.63) is 168 Å². The van der Waals surface area contributed by atoms with Crippen molar-refractivity contribution in [1.82, 2.24) is 0 Å². The molecule has 6 aromatic rings. The zero-order chi connectivity index (χ0) is 38.6. The molecule has 6 aromatic carbocycles. The van der Waals surface area contributed by atoms with Crippen LogP contribution in [0.3, 0.4) is 0 Å². The molecule has 0 N–H and O–H groups in total. The fraction of sp³-hybridized carbons (Fsp3) is 0.0455. The largest absolute Gasteiger partial charge is 0.457 e. The first-order valence-electron chi connectivity index (χ1n) is 16.8. The molecule has 0 atom stereocenters. The summed E-state index contributed by atoms with van der Waals surface area (Å²) in [5.41, 5.74) is 3.30. The molecule has 11 nitrogen and oxygen atoms in total. The quantitative estimate of drug-likeness (QED) is 0.0684. The van der Waals surface area contributed by atoms with Gasteiger partial charge in [-0.3, -0.25) is 19.6 Å². The lowest BCUT2D eigenvalue weighted by Gasteiger charge is -2.09. The monoisotopic (exact) mass is 732 g/mol. The molecule has 0 aliphatic heterocycles. The SMILES string of the molecule is CC(=O)Oc1ccccc1C(=O)Oc1ccc(C=Nc2ccc(Oc3ccc(N=Cc4ccc(OC(=O)c5ccccc5OC(C)=O)cc4)cc3)cc2)cc1. The molecule has 0 spiro atoms.